The maximum Gasteiger partial charge on any atom is 0.336 e. The summed E-state index contributed by atoms with van der Waals surface area (Å²) < 4.78 is 11.3. The van der Waals surface area contributed by atoms with Gasteiger partial charge in [-0.25, -0.2) is 4.79 Å². The highest BCUT2D eigenvalue weighted by Gasteiger charge is 2.23. The number of carbonyl (C=O) groups is 1. The third kappa shape index (κ3) is 4.15. The van der Waals surface area contributed by atoms with E-state index in [4.69, 9.17) is 20.8 Å². The average Bonchev–Trinajstić information content (AvgIpc) is 2.73. The van der Waals surface area contributed by atoms with Gasteiger partial charge in [-0.2, -0.15) is 0 Å². The Morgan fingerprint density at radius 2 is 1.83 bits per heavy atom. The number of rotatable bonds is 4. The molecule has 150 valence electrons. The predicted molar refractivity (Wildman–Crippen MR) is 113 cm³/mol. The van der Waals surface area contributed by atoms with Crippen LogP contribution in [-0.4, -0.2) is 30.0 Å². The Bertz CT molecular complexity index is 1100. The van der Waals surface area contributed by atoms with Gasteiger partial charge in [0.05, 0.1) is 0 Å². The summed E-state index contributed by atoms with van der Waals surface area (Å²) in [6, 6.07) is 14.0. The van der Waals surface area contributed by atoms with Crippen molar-refractivity contribution in [3.8, 4) is 16.9 Å². The van der Waals surface area contributed by atoms with Gasteiger partial charge < -0.3 is 14.1 Å². The van der Waals surface area contributed by atoms with Crippen LogP contribution in [0.15, 0.2) is 57.7 Å². The first-order chi connectivity index (χ1) is 14.0. The minimum atomic E-state index is -0.607. The molecule has 1 fully saturated rings. The van der Waals surface area contributed by atoms with Crippen molar-refractivity contribution in [1.29, 1.82) is 0 Å². The van der Waals surface area contributed by atoms with Gasteiger partial charge in [-0.15, -0.1) is 0 Å². The number of likely N-dealkylation sites (tertiary alicyclic amines) is 1. The number of benzene rings is 2. The van der Waals surface area contributed by atoms with Crippen molar-refractivity contribution in [2.24, 2.45) is 0 Å². The molecule has 0 N–H and O–H groups in total. The minimum Gasteiger partial charge on any atom is -0.481 e. The molecule has 0 radical (unpaired) electrons. The van der Waals surface area contributed by atoms with E-state index in [1.165, 1.54) is 6.07 Å². The van der Waals surface area contributed by atoms with Crippen LogP contribution < -0.4 is 10.4 Å². The fraction of sp³-hybridized carbons (Fsp3) is 0.304. The van der Waals surface area contributed by atoms with E-state index in [1.54, 1.807) is 25.1 Å². The van der Waals surface area contributed by atoms with Gasteiger partial charge in [-0.1, -0.05) is 29.8 Å². The molecule has 2 heterocycles. The lowest BCUT2D eigenvalue weighted by Gasteiger charge is -2.29. The highest BCUT2D eigenvalue weighted by atomic mass is 35.5. The number of ether oxygens (including phenoxy) is 1. The molecule has 0 saturated carbocycles. The average molecular weight is 412 g/mol. The van der Waals surface area contributed by atoms with Crippen LogP contribution >= 0.6 is 11.6 Å². The number of nitrogens with zero attached hydrogens (tertiary/aromatic N) is 1. The second kappa shape index (κ2) is 8.29. The molecule has 1 atom stereocenters. The van der Waals surface area contributed by atoms with Crippen LogP contribution in [0, 0.1) is 0 Å². The first-order valence-electron chi connectivity index (χ1n) is 9.81. The van der Waals surface area contributed by atoms with E-state index in [0.29, 0.717) is 21.9 Å². The molecule has 29 heavy (non-hydrogen) atoms. The van der Waals surface area contributed by atoms with Crippen LogP contribution in [0.25, 0.3) is 22.1 Å². The van der Waals surface area contributed by atoms with Gasteiger partial charge in [-0.3, -0.25) is 4.79 Å². The topological polar surface area (TPSA) is 59.8 Å². The number of hydrogen-bond donors (Lipinski definition) is 0. The van der Waals surface area contributed by atoms with E-state index in [-0.39, 0.29) is 5.91 Å². The van der Waals surface area contributed by atoms with Gasteiger partial charge in [0, 0.05) is 46.8 Å². The number of piperidine rings is 1. The van der Waals surface area contributed by atoms with Gasteiger partial charge in [0.2, 0.25) is 0 Å². The van der Waals surface area contributed by atoms with Crippen molar-refractivity contribution in [2.45, 2.75) is 32.3 Å². The Kier molecular flexibility index (Phi) is 5.58. The zero-order valence-corrected chi connectivity index (χ0v) is 16.9. The van der Waals surface area contributed by atoms with Gasteiger partial charge in [0.25, 0.3) is 5.91 Å². The summed E-state index contributed by atoms with van der Waals surface area (Å²) in [6.45, 7) is 3.30. The molecule has 1 unspecified atom stereocenters. The first-order valence-corrected chi connectivity index (χ1v) is 10.2. The Labute approximate surface area is 173 Å². The van der Waals surface area contributed by atoms with Crippen molar-refractivity contribution in [3.63, 3.8) is 0 Å². The molecule has 4 rings (SSSR count). The largest absolute Gasteiger partial charge is 0.481 e. The molecular weight excluding hydrogens is 390 g/mol. The molecule has 1 aliphatic rings. The van der Waals surface area contributed by atoms with Gasteiger partial charge in [-0.05, 0) is 44.4 Å². The maximum absolute atomic E-state index is 12.6. The summed E-state index contributed by atoms with van der Waals surface area (Å²) in [5, 5.41) is 1.31. The van der Waals surface area contributed by atoms with Crippen LogP contribution in [0.2, 0.25) is 5.02 Å². The van der Waals surface area contributed by atoms with E-state index < -0.39 is 11.7 Å². The zero-order chi connectivity index (χ0) is 20.4. The van der Waals surface area contributed by atoms with Crippen molar-refractivity contribution in [1.82, 2.24) is 4.90 Å². The third-order valence-electron chi connectivity index (χ3n) is 5.21. The SMILES string of the molecule is CC(Oc1ccc2c(-c3ccccc3Cl)cc(=O)oc2c1)C(=O)N1CCCCC1. The summed E-state index contributed by atoms with van der Waals surface area (Å²) in [7, 11) is 0. The molecule has 5 nitrogen and oxygen atoms in total. The lowest BCUT2D eigenvalue weighted by atomic mass is 10.0. The summed E-state index contributed by atoms with van der Waals surface area (Å²) in [5.74, 6) is 0.464. The minimum absolute atomic E-state index is 0.0175. The molecule has 6 heteroatoms. The van der Waals surface area contributed by atoms with Crippen LogP contribution in [0.3, 0.4) is 0 Å². The van der Waals surface area contributed by atoms with Crippen molar-refractivity contribution < 1.29 is 13.9 Å². The molecule has 0 spiro atoms. The number of halogens is 1. The Balaban J connectivity index is 1.64. The van der Waals surface area contributed by atoms with Gasteiger partial charge >= 0.3 is 5.63 Å². The van der Waals surface area contributed by atoms with E-state index in [2.05, 4.69) is 0 Å². The fourth-order valence-corrected chi connectivity index (χ4v) is 3.98. The monoisotopic (exact) mass is 411 g/mol. The standard InChI is InChI=1S/C23H22ClNO4/c1-15(23(27)25-11-5-2-6-12-25)28-16-9-10-18-19(14-22(26)29-21(18)13-16)17-7-3-4-8-20(17)24/h3-4,7-10,13-15H,2,5-6,11-12H2,1H3. The summed E-state index contributed by atoms with van der Waals surface area (Å²) in [6.07, 6.45) is 2.62. The third-order valence-corrected chi connectivity index (χ3v) is 5.54. The predicted octanol–water partition coefficient (Wildman–Crippen LogP) is 4.89. The highest BCUT2D eigenvalue weighted by Crippen LogP contribution is 2.33. The van der Waals surface area contributed by atoms with E-state index in [0.717, 1.165) is 43.3 Å². The van der Waals surface area contributed by atoms with Crippen molar-refractivity contribution in [3.05, 3.63) is 64.0 Å². The number of carbonyl (C=O) groups excluding carboxylic acids is 1. The van der Waals surface area contributed by atoms with Crippen LogP contribution in [-0.2, 0) is 4.79 Å². The fourth-order valence-electron chi connectivity index (χ4n) is 3.74. The van der Waals surface area contributed by atoms with Gasteiger partial charge in [0.1, 0.15) is 11.3 Å². The lowest BCUT2D eigenvalue weighted by molar-refractivity contribution is -0.138. The van der Waals surface area contributed by atoms with Crippen molar-refractivity contribution >= 4 is 28.5 Å². The van der Waals surface area contributed by atoms with Crippen LogP contribution in [0.1, 0.15) is 26.2 Å². The summed E-state index contributed by atoms with van der Waals surface area (Å²) in [5.41, 5.74) is 1.38. The van der Waals surface area contributed by atoms with Crippen LogP contribution in [0.5, 0.6) is 5.75 Å². The zero-order valence-electron chi connectivity index (χ0n) is 16.2. The second-order valence-corrected chi connectivity index (χ2v) is 7.67. The Hall–Kier alpha value is -2.79. The van der Waals surface area contributed by atoms with Crippen molar-refractivity contribution in [2.75, 3.05) is 13.1 Å². The molecule has 1 aromatic heterocycles. The Morgan fingerprint density at radius 1 is 1.07 bits per heavy atom. The second-order valence-electron chi connectivity index (χ2n) is 7.26. The highest BCUT2D eigenvalue weighted by molar-refractivity contribution is 6.33. The molecule has 2 aromatic carbocycles. The summed E-state index contributed by atoms with van der Waals surface area (Å²) >= 11 is 6.32. The van der Waals surface area contributed by atoms with E-state index in [9.17, 15) is 9.59 Å². The molecule has 1 amide bonds. The van der Waals surface area contributed by atoms with E-state index >= 15 is 0 Å². The van der Waals surface area contributed by atoms with Gasteiger partial charge in [0.15, 0.2) is 6.10 Å². The number of hydrogen-bond acceptors (Lipinski definition) is 4. The molecule has 3 aromatic rings. The molecule has 1 aliphatic heterocycles. The Morgan fingerprint density at radius 3 is 2.59 bits per heavy atom. The quantitative estimate of drug-likeness (QED) is 0.573. The lowest BCUT2D eigenvalue weighted by Crippen LogP contribution is -2.43. The molecule has 0 bridgehead atoms. The molecule has 1 saturated heterocycles. The van der Waals surface area contributed by atoms with Crippen LogP contribution in [0.4, 0.5) is 0 Å². The smallest absolute Gasteiger partial charge is 0.336 e. The molecule has 0 aliphatic carbocycles. The maximum atomic E-state index is 12.6. The summed E-state index contributed by atoms with van der Waals surface area (Å²) in [4.78, 5) is 26.6. The number of fused-ring (bicyclic) bond motifs is 1. The normalized spacial score (nSPS) is 15.3. The molecular formula is C23H22ClNO4. The van der Waals surface area contributed by atoms with E-state index in [1.807, 2.05) is 29.2 Å². The number of amides is 1. The first kappa shape index (κ1) is 19.5.